The summed E-state index contributed by atoms with van der Waals surface area (Å²) in [7, 11) is 0. The first-order valence-electron chi connectivity index (χ1n) is 7.98. The number of benzene rings is 1. The van der Waals surface area contributed by atoms with Crippen LogP contribution in [0.2, 0.25) is 0 Å². The van der Waals surface area contributed by atoms with Gasteiger partial charge in [-0.05, 0) is 42.5 Å². The summed E-state index contributed by atoms with van der Waals surface area (Å²) >= 11 is 0. The molecule has 0 atom stereocenters. The highest BCUT2D eigenvalue weighted by Crippen LogP contribution is 2.16. The molecule has 0 spiro atoms. The summed E-state index contributed by atoms with van der Waals surface area (Å²) in [5.41, 5.74) is 2.21. The van der Waals surface area contributed by atoms with Gasteiger partial charge in [0.25, 0.3) is 0 Å². The lowest BCUT2D eigenvalue weighted by Crippen LogP contribution is -2.19. The molecule has 8 nitrogen and oxygen atoms in total. The highest BCUT2D eigenvalue weighted by atomic mass is 16.2. The second-order valence-corrected chi connectivity index (χ2v) is 5.54. The van der Waals surface area contributed by atoms with Crippen molar-refractivity contribution in [2.45, 2.75) is 6.54 Å². The number of nitrogens with zero attached hydrogens (tertiary/aromatic N) is 5. The van der Waals surface area contributed by atoms with Crippen molar-refractivity contribution in [3.05, 3.63) is 67.3 Å². The molecule has 0 saturated heterocycles. The highest BCUT2D eigenvalue weighted by molar-refractivity contribution is 5.91. The Kier molecular flexibility index (Phi) is 4.21. The van der Waals surface area contributed by atoms with Gasteiger partial charge < -0.3 is 10.6 Å². The van der Waals surface area contributed by atoms with Crippen LogP contribution in [0.4, 0.5) is 17.3 Å². The van der Waals surface area contributed by atoms with Crippen LogP contribution in [0.5, 0.6) is 0 Å². The van der Waals surface area contributed by atoms with Crippen LogP contribution in [0.3, 0.4) is 0 Å². The molecule has 0 radical (unpaired) electrons. The Balaban J connectivity index is 1.40. The van der Waals surface area contributed by atoms with Crippen LogP contribution in [-0.2, 0) is 11.3 Å². The molecular weight excluding hydrogens is 330 g/mol. The van der Waals surface area contributed by atoms with E-state index in [-0.39, 0.29) is 12.5 Å². The third-order valence-corrected chi connectivity index (χ3v) is 3.68. The lowest BCUT2D eigenvalue weighted by Gasteiger charge is -2.08. The van der Waals surface area contributed by atoms with Gasteiger partial charge in [0.15, 0.2) is 5.65 Å². The number of rotatable bonds is 5. The van der Waals surface area contributed by atoms with Gasteiger partial charge in [0.1, 0.15) is 6.54 Å². The minimum atomic E-state index is -0.173. The fourth-order valence-corrected chi connectivity index (χ4v) is 2.49. The van der Waals surface area contributed by atoms with E-state index in [0.717, 1.165) is 11.1 Å². The van der Waals surface area contributed by atoms with Gasteiger partial charge >= 0.3 is 0 Å². The Labute approximate surface area is 148 Å². The molecule has 0 fully saturated rings. The molecule has 0 bridgehead atoms. The van der Waals surface area contributed by atoms with Crippen molar-refractivity contribution in [1.29, 1.82) is 0 Å². The van der Waals surface area contributed by atoms with E-state index in [1.165, 1.54) is 0 Å². The SMILES string of the molecule is O=C(Cn1ncc2cccnc21)Nc1ccc(Nc2ncccn2)cc1. The Morgan fingerprint density at radius 1 is 0.923 bits per heavy atom. The average molecular weight is 345 g/mol. The van der Waals surface area contributed by atoms with Crippen LogP contribution in [0.1, 0.15) is 0 Å². The lowest BCUT2D eigenvalue weighted by atomic mass is 10.3. The molecule has 4 rings (SSSR count). The molecule has 0 saturated carbocycles. The van der Waals surface area contributed by atoms with Gasteiger partial charge in [0, 0.05) is 35.4 Å². The standard InChI is InChI=1S/C18H15N7O/c26-16(12-25-17-13(11-22-25)3-1-8-19-17)23-14-4-6-15(7-5-14)24-18-20-9-2-10-21-18/h1-11H,12H2,(H,23,26)(H,20,21,24). The molecule has 26 heavy (non-hydrogen) atoms. The molecule has 8 heteroatoms. The molecule has 0 aliphatic carbocycles. The molecule has 128 valence electrons. The summed E-state index contributed by atoms with van der Waals surface area (Å²) in [6.07, 6.45) is 6.71. The number of hydrogen-bond acceptors (Lipinski definition) is 6. The van der Waals surface area contributed by atoms with Gasteiger partial charge in [-0.25, -0.2) is 19.6 Å². The lowest BCUT2D eigenvalue weighted by molar-refractivity contribution is -0.116. The maximum atomic E-state index is 12.3. The second kappa shape index (κ2) is 6.98. The molecule has 0 aliphatic rings. The summed E-state index contributed by atoms with van der Waals surface area (Å²) in [4.78, 5) is 24.7. The first kappa shape index (κ1) is 15.7. The average Bonchev–Trinajstić information content (AvgIpc) is 3.07. The smallest absolute Gasteiger partial charge is 0.246 e. The van der Waals surface area contributed by atoms with Gasteiger partial charge in [-0.2, -0.15) is 5.10 Å². The van der Waals surface area contributed by atoms with Crippen LogP contribution < -0.4 is 10.6 Å². The molecule has 2 N–H and O–H groups in total. The fraction of sp³-hybridized carbons (Fsp3) is 0.0556. The number of carbonyl (C=O) groups is 1. The van der Waals surface area contributed by atoms with E-state index < -0.39 is 0 Å². The van der Waals surface area contributed by atoms with Crippen LogP contribution in [0.15, 0.2) is 67.3 Å². The van der Waals surface area contributed by atoms with Crippen molar-refractivity contribution in [1.82, 2.24) is 24.7 Å². The zero-order valence-electron chi connectivity index (χ0n) is 13.7. The topological polar surface area (TPSA) is 97.6 Å². The predicted molar refractivity (Wildman–Crippen MR) is 97.9 cm³/mol. The van der Waals surface area contributed by atoms with Gasteiger partial charge in [-0.3, -0.25) is 4.79 Å². The Morgan fingerprint density at radius 2 is 1.65 bits per heavy atom. The van der Waals surface area contributed by atoms with E-state index in [4.69, 9.17) is 0 Å². The van der Waals surface area contributed by atoms with Gasteiger partial charge in [0.05, 0.1) is 6.20 Å². The predicted octanol–water partition coefficient (Wildman–Crippen LogP) is 2.60. The van der Waals surface area contributed by atoms with Crippen molar-refractivity contribution in [3.63, 3.8) is 0 Å². The zero-order valence-corrected chi connectivity index (χ0v) is 13.7. The second-order valence-electron chi connectivity index (χ2n) is 5.54. The number of aromatic nitrogens is 5. The number of pyridine rings is 1. The first-order chi connectivity index (χ1) is 12.8. The largest absolute Gasteiger partial charge is 0.324 e. The summed E-state index contributed by atoms with van der Waals surface area (Å²) in [6, 6.07) is 12.8. The Bertz CT molecular complexity index is 1030. The van der Waals surface area contributed by atoms with Crippen LogP contribution in [-0.4, -0.2) is 30.6 Å². The fourth-order valence-electron chi connectivity index (χ4n) is 2.49. The monoisotopic (exact) mass is 345 g/mol. The van der Waals surface area contributed by atoms with Gasteiger partial charge in [-0.1, -0.05) is 0 Å². The number of nitrogens with one attached hydrogen (secondary N) is 2. The third-order valence-electron chi connectivity index (χ3n) is 3.68. The summed E-state index contributed by atoms with van der Waals surface area (Å²) < 4.78 is 1.58. The molecule has 3 heterocycles. The first-order valence-corrected chi connectivity index (χ1v) is 7.98. The number of fused-ring (bicyclic) bond motifs is 1. The quantitative estimate of drug-likeness (QED) is 0.577. The van der Waals surface area contributed by atoms with E-state index >= 15 is 0 Å². The van der Waals surface area contributed by atoms with E-state index in [1.54, 1.807) is 35.5 Å². The molecule has 1 aromatic carbocycles. The Morgan fingerprint density at radius 3 is 2.46 bits per heavy atom. The maximum Gasteiger partial charge on any atom is 0.246 e. The van der Waals surface area contributed by atoms with Gasteiger partial charge in [0.2, 0.25) is 11.9 Å². The molecule has 0 unspecified atom stereocenters. The van der Waals surface area contributed by atoms with Crippen molar-refractivity contribution < 1.29 is 4.79 Å². The van der Waals surface area contributed by atoms with E-state index in [2.05, 4.69) is 30.7 Å². The number of amides is 1. The van der Waals surface area contributed by atoms with E-state index in [9.17, 15) is 4.79 Å². The van der Waals surface area contributed by atoms with Crippen molar-refractivity contribution in [2.24, 2.45) is 0 Å². The Hall–Kier alpha value is -3.81. The normalized spacial score (nSPS) is 10.6. The summed E-state index contributed by atoms with van der Waals surface area (Å²) in [5, 5.41) is 11.0. The number of anilines is 3. The zero-order chi connectivity index (χ0) is 17.8. The van der Waals surface area contributed by atoms with Crippen molar-refractivity contribution in [3.8, 4) is 0 Å². The molecule has 4 aromatic rings. The third kappa shape index (κ3) is 3.48. The summed E-state index contributed by atoms with van der Waals surface area (Å²) in [5.74, 6) is 0.343. The molecule has 0 aliphatic heterocycles. The number of hydrogen-bond donors (Lipinski definition) is 2. The minimum Gasteiger partial charge on any atom is -0.324 e. The molecule has 3 aromatic heterocycles. The summed E-state index contributed by atoms with van der Waals surface area (Å²) in [6.45, 7) is 0.0956. The molecular formula is C18H15N7O. The van der Waals surface area contributed by atoms with Crippen molar-refractivity contribution >= 4 is 34.3 Å². The van der Waals surface area contributed by atoms with Gasteiger partial charge in [-0.15, -0.1) is 0 Å². The van der Waals surface area contributed by atoms with E-state index in [1.807, 2.05) is 36.4 Å². The minimum absolute atomic E-state index is 0.0956. The van der Waals surface area contributed by atoms with Crippen LogP contribution >= 0.6 is 0 Å². The molecule has 1 amide bonds. The van der Waals surface area contributed by atoms with Crippen LogP contribution in [0, 0.1) is 0 Å². The number of carbonyl (C=O) groups excluding carboxylic acids is 1. The van der Waals surface area contributed by atoms with E-state index in [0.29, 0.717) is 17.3 Å². The maximum absolute atomic E-state index is 12.3. The highest BCUT2D eigenvalue weighted by Gasteiger charge is 2.08. The van der Waals surface area contributed by atoms with Crippen molar-refractivity contribution in [2.75, 3.05) is 10.6 Å². The van der Waals surface area contributed by atoms with Crippen LogP contribution in [0.25, 0.3) is 11.0 Å².